The average Bonchev–Trinajstić information content (AvgIpc) is 2.30. The zero-order valence-corrected chi connectivity index (χ0v) is 6.89. The van der Waals surface area contributed by atoms with Gasteiger partial charge in [-0.2, -0.15) is 0 Å². The molecule has 0 aromatic heterocycles. The van der Waals surface area contributed by atoms with Crippen molar-refractivity contribution >= 4 is 11.3 Å². The molecule has 0 aliphatic carbocycles. The van der Waals surface area contributed by atoms with Crippen LogP contribution in [-0.2, 0) is 0 Å². The topological polar surface area (TPSA) is 16.6 Å². The van der Waals surface area contributed by atoms with E-state index in [1.165, 1.54) is 22.5 Å². The molecule has 0 unspecified atom stereocenters. The number of hydrogen-bond donors (Lipinski definition) is 1. The monoisotopic (exact) mass is 146 g/mol. The molecule has 11 heavy (non-hydrogen) atoms. The highest BCUT2D eigenvalue weighted by Crippen LogP contribution is 2.25. The van der Waals surface area contributed by atoms with Gasteiger partial charge in [-0.3, -0.25) is 5.32 Å². The van der Waals surface area contributed by atoms with Crippen molar-refractivity contribution in [2.45, 2.75) is 13.8 Å². The molecule has 2 rings (SSSR count). The number of nitrogens with two attached hydrogens (primary N) is 1. The van der Waals surface area contributed by atoms with Crippen LogP contribution in [0.25, 0.3) is 5.57 Å². The number of quaternary nitrogens is 1. The Kier molecular flexibility index (Phi) is 1.33. The summed E-state index contributed by atoms with van der Waals surface area (Å²) in [6, 6.07) is 8.52. The lowest BCUT2D eigenvalue weighted by molar-refractivity contribution is -0.512. The van der Waals surface area contributed by atoms with Gasteiger partial charge in [-0.15, -0.1) is 0 Å². The minimum atomic E-state index is 1.36. The van der Waals surface area contributed by atoms with E-state index in [0.29, 0.717) is 0 Å². The molecule has 0 bridgehead atoms. The van der Waals surface area contributed by atoms with Crippen LogP contribution in [0.5, 0.6) is 0 Å². The summed E-state index contributed by atoms with van der Waals surface area (Å²) >= 11 is 0. The molecule has 0 atom stereocenters. The molecule has 0 spiro atoms. The van der Waals surface area contributed by atoms with E-state index < -0.39 is 0 Å². The van der Waals surface area contributed by atoms with Gasteiger partial charge in [0.25, 0.3) is 0 Å². The summed E-state index contributed by atoms with van der Waals surface area (Å²) in [5.74, 6) is 0. The van der Waals surface area contributed by atoms with E-state index in [1.807, 2.05) is 0 Å². The molecule has 0 fully saturated rings. The minimum absolute atomic E-state index is 1.36. The first-order chi connectivity index (χ1) is 5.29. The molecule has 1 nitrogen and oxygen atoms in total. The van der Waals surface area contributed by atoms with Crippen molar-refractivity contribution in [1.82, 2.24) is 0 Å². The standard InChI is InChI=1S/C10H11N/c1-7-8(2)11-10-6-4-3-5-9(7)10/h3-6,11H,1-2H3/p+1. The second-order valence-electron chi connectivity index (χ2n) is 3.04. The number of allylic oxidation sites excluding steroid dienone is 2. The maximum absolute atomic E-state index is 2.24. The highest BCUT2D eigenvalue weighted by atomic mass is 14.9. The molecule has 1 aromatic carbocycles. The van der Waals surface area contributed by atoms with Crippen LogP contribution in [0.15, 0.2) is 30.0 Å². The molecular weight excluding hydrogens is 134 g/mol. The zero-order valence-electron chi connectivity index (χ0n) is 6.89. The molecule has 1 heteroatoms. The quantitative estimate of drug-likeness (QED) is 0.536. The Labute approximate surface area is 66.7 Å². The van der Waals surface area contributed by atoms with E-state index in [-0.39, 0.29) is 0 Å². The van der Waals surface area contributed by atoms with Crippen LogP contribution in [-0.4, -0.2) is 0 Å². The second-order valence-corrected chi connectivity index (χ2v) is 3.04. The van der Waals surface area contributed by atoms with Crippen LogP contribution in [0.2, 0.25) is 0 Å². The molecule has 0 saturated carbocycles. The van der Waals surface area contributed by atoms with Crippen LogP contribution >= 0.6 is 0 Å². The molecule has 1 aromatic rings. The lowest BCUT2D eigenvalue weighted by Gasteiger charge is -1.92. The lowest BCUT2D eigenvalue weighted by Crippen LogP contribution is -2.73. The first kappa shape index (κ1) is 6.62. The summed E-state index contributed by atoms with van der Waals surface area (Å²) < 4.78 is 0. The Morgan fingerprint density at radius 3 is 2.55 bits per heavy atom. The molecule has 0 radical (unpaired) electrons. The van der Waals surface area contributed by atoms with Crippen molar-refractivity contribution in [1.29, 1.82) is 0 Å². The maximum atomic E-state index is 2.24. The van der Waals surface area contributed by atoms with Gasteiger partial charge >= 0.3 is 0 Å². The molecular formula is C10H12N+. The summed E-state index contributed by atoms with van der Waals surface area (Å²) in [5.41, 5.74) is 5.57. The van der Waals surface area contributed by atoms with Crippen LogP contribution in [0.3, 0.4) is 0 Å². The van der Waals surface area contributed by atoms with Crippen molar-refractivity contribution in [2.75, 3.05) is 0 Å². The van der Waals surface area contributed by atoms with Crippen LogP contribution in [0.1, 0.15) is 19.4 Å². The van der Waals surface area contributed by atoms with Crippen molar-refractivity contribution in [3.05, 3.63) is 35.5 Å². The van der Waals surface area contributed by atoms with E-state index in [2.05, 4.69) is 43.4 Å². The van der Waals surface area contributed by atoms with Crippen LogP contribution < -0.4 is 5.32 Å². The number of benzene rings is 1. The fourth-order valence-electron chi connectivity index (χ4n) is 1.52. The third-order valence-corrected chi connectivity index (χ3v) is 2.33. The smallest absolute Gasteiger partial charge is 0.142 e. The fourth-order valence-corrected chi connectivity index (χ4v) is 1.52. The zero-order chi connectivity index (χ0) is 7.84. The molecule has 56 valence electrons. The predicted molar refractivity (Wildman–Crippen MR) is 46.3 cm³/mol. The fraction of sp³-hybridized carbons (Fsp3) is 0.200. The van der Waals surface area contributed by atoms with E-state index in [4.69, 9.17) is 0 Å². The van der Waals surface area contributed by atoms with Gasteiger partial charge in [-0.1, -0.05) is 12.1 Å². The number of fused-ring (bicyclic) bond motifs is 1. The Morgan fingerprint density at radius 1 is 1.09 bits per heavy atom. The third-order valence-electron chi connectivity index (χ3n) is 2.33. The summed E-state index contributed by atoms with van der Waals surface area (Å²) in [6.45, 7) is 4.34. The SMILES string of the molecule is CC1=C(C)c2ccccc2[NH2+]1. The summed E-state index contributed by atoms with van der Waals surface area (Å²) in [7, 11) is 0. The first-order valence-electron chi connectivity index (χ1n) is 3.90. The Hall–Kier alpha value is -1.08. The van der Waals surface area contributed by atoms with Crippen molar-refractivity contribution < 1.29 is 5.32 Å². The largest absolute Gasteiger partial charge is 0.285 e. The Balaban J connectivity index is 2.60. The van der Waals surface area contributed by atoms with E-state index in [1.54, 1.807) is 0 Å². The van der Waals surface area contributed by atoms with Crippen molar-refractivity contribution in [2.24, 2.45) is 0 Å². The summed E-state index contributed by atoms with van der Waals surface area (Å²) in [6.07, 6.45) is 0. The average molecular weight is 146 g/mol. The predicted octanol–water partition coefficient (Wildman–Crippen LogP) is 1.65. The molecule has 0 saturated heterocycles. The summed E-state index contributed by atoms with van der Waals surface area (Å²) in [4.78, 5) is 0. The maximum Gasteiger partial charge on any atom is 0.142 e. The summed E-state index contributed by atoms with van der Waals surface area (Å²) in [5, 5.41) is 2.24. The van der Waals surface area contributed by atoms with Gasteiger partial charge in [-0.25, -0.2) is 0 Å². The normalized spacial score (nSPS) is 15.5. The third kappa shape index (κ3) is 0.889. The van der Waals surface area contributed by atoms with Crippen LogP contribution in [0, 0.1) is 0 Å². The van der Waals surface area contributed by atoms with E-state index in [0.717, 1.165) is 0 Å². The number of rotatable bonds is 0. The number of hydrogen-bond acceptors (Lipinski definition) is 0. The Bertz CT molecular complexity index is 323. The molecule has 0 amide bonds. The molecule has 1 heterocycles. The van der Waals surface area contributed by atoms with E-state index >= 15 is 0 Å². The molecule has 1 aliphatic heterocycles. The van der Waals surface area contributed by atoms with Gasteiger partial charge in [0.15, 0.2) is 0 Å². The highest BCUT2D eigenvalue weighted by molar-refractivity contribution is 5.75. The highest BCUT2D eigenvalue weighted by Gasteiger charge is 2.18. The van der Waals surface area contributed by atoms with Crippen molar-refractivity contribution in [3.63, 3.8) is 0 Å². The van der Waals surface area contributed by atoms with Crippen LogP contribution in [0.4, 0.5) is 5.69 Å². The van der Waals surface area contributed by atoms with Gasteiger partial charge in [-0.05, 0) is 13.0 Å². The lowest BCUT2D eigenvalue weighted by atomic mass is 10.1. The van der Waals surface area contributed by atoms with E-state index in [9.17, 15) is 0 Å². The number of para-hydroxylation sites is 1. The minimum Gasteiger partial charge on any atom is -0.285 e. The molecule has 2 N–H and O–H groups in total. The Morgan fingerprint density at radius 2 is 1.82 bits per heavy atom. The van der Waals surface area contributed by atoms with Gasteiger partial charge in [0.1, 0.15) is 11.4 Å². The van der Waals surface area contributed by atoms with Crippen molar-refractivity contribution in [3.8, 4) is 0 Å². The second kappa shape index (κ2) is 2.21. The van der Waals surface area contributed by atoms with Gasteiger partial charge in [0.2, 0.25) is 0 Å². The van der Waals surface area contributed by atoms with Gasteiger partial charge in [0, 0.05) is 24.1 Å². The molecule has 1 aliphatic rings. The van der Waals surface area contributed by atoms with Gasteiger partial charge in [0.05, 0.1) is 0 Å². The van der Waals surface area contributed by atoms with Gasteiger partial charge < -0.3 is 0 Å². The first-order valence-corrected chi connectivity index (χ1v) is 3.90.